The largest absolute Gasteiger partial charge is 0.490 e. The zero-order valence-electron chi connectivity index (χ0n) is 9.78. The maximum Gasteiger partial charge on any atom is 0.132 e. The highest BCUT2D eigenvalue weighted by Crippen LogP contribution is 2.34. The van der Waals surface area contributed by atoms with Crippen LogP contribution in [-0.2, 0) is 0 Å². The van der Waals surface area contributed by atoms with Crippen LogP contribution in [0.1, 0.15) is 24.8 Å². The van der Waals surface area contributed by atoms with Gasteiger partial charge in [0.2, 0.25) is 0 Å². The molecule has 1 aliphatic heterocycles. The molecule has 1 aliphatic carbocycles. The third-order valence-electron chi connectivity index (χ3n) is 3.12. The molecule has 0 aromatic carbocycles. The highest BCUT2D eigenvalue weighted by molar-refractivity contribution is 5.71. The number of nitrogens with one attached hydrogen (secondary N) is 1. The summed E-state index contributed by atoms with van der Waals surface area (Å²) in [6.45, 7) is 1.93. The van der Waals surface area contributed by atoms with Gasteiger partial charge in [-0.3, -0.25) is 0 Å². The van der Waals surface area contributed by atoms with Crippen LogP contribution in [0.3, 0.4) is 0 Å². The minimum Gasteiger partial charge on any atom is -0.490 e. The molecule has 1 aromatic rings. The van der Waals surface area contributed by atoms with Crippen molar-refractivity contribution in [3.63, 3.8) is 0 Å². The number of rotatable bonds is 3. The number of aromatic nitrogens is 1. The summed E-state index contributed by atoms with van der Waals surface area (Å²) in [4.78, 5) is 4.18. The van der Waals surface area contributed by atoms with Gasteiger partial charge in [0.1, 0.15) is 11.6 Å². The van der Waals surface area contributed by atoms with Crippen molar-refractivity contribution in [3.8, 4) is 5.75 Å². The SMILES string of the molecule is Nc1cc(OC2CC2)c(C2=CCNCC2)cn1. The maximum absolute atomic E-state index is 5.91. The Balaban J connectivity index is 1.92. The summed E-state index contributed by atoms with van der Waals surface area (Å²) in [5, 5.41) is 3.31. The third kappa shape index (κ3) is 2.42. The zero-order chi connectivity index (χ0) is 11.7. The standard InChI is InChI=1S/C13H17N3O/c14-13-7-12(17-10-1-2-10)11(8-16-13)9-3-5-15-6-4-9/h3,7-8,10,15H,1-2,4-6H2,(H2,14,16). The predicted molar refractivity (Wildman–Crippen MR) is 67.8 cm³/mol. The summed E-state index contributed by atoms with van der Waals surface area (Å²) < 4.78 is 5.91. The summed E-state index contributed by atoms with van der Waals surface area (Å²) in [6.07, 6.45) is 7.76. The topological polar surface area (TPSA) is 60.2 Å². The van der Waals surface area contributed by atoms with E-state index in [9.17, 15) is 0 Å². The smallest absolute Gasteiger partial charge is 0.132 e. The molecule has 2 aliphatic rings. The van der Waals surface area contributed by atoms with Crippen molar-refractivity contribution in [1.29, 1.82) is 0 Å². The lowest BCUT2D eigenvalue weighted by atomic mass is 10.0. The quantitative estimate of drug-likeness (QED) is 0.829. The minimum absolute atomic E-state index is 0.387. The molecule has 0 saturated heterocycles. The van der Waals surface area contributed by atoms with Gasteiger partial charge in [-0.05, 0) is 31.4 Å². The van der Waals surface area contributed by atoms with Crippen molar-refractivity contribution < 1.29 is 4.74 Å². The van der Waals surface area contributed by atoms with E-state index in [4.69, 9.17) is 10.5 Å². The van der Waals surface area contributed by atoms with Crippen LogP contribution >= 0.6 is 0 Å². The van der Waals surface area contributed by atoms with Crippen molar-refractivity contribution in [2.45, 2.75) is 25.4 Å². The molecular weight excluding hydrogens is 214 g/mol. The second kappa shape index (κ2) is 4.37. The Morgan fingerprint density at radius 2 is 2.29 bits per heavy atom. The van der Waals surface area contributed by atoms with E-state index in [1.54, 1.807) is 0 Å². The lowest BCUT2D eigenvalue weighted by molar-refractivity contribution is 0.302. The van der Waals surface area contributed by atoms with Gasteiger partial charge in [-0.25, -0.2) is 4.98 Å². The third-order valence-corrected chi connectivity index (χ3v) is 3.12. The first-order valence-electron chi connectivity index (χ1n) is 6.15. The molecule has 0 spiro atoms. The van der Waals surface area contributed by atoms with E-state index < -0.39 is 0 Å². The molecule has 0 bridgehead atoms. The first-order chi connectivity index (χ1) is 8.33. The molecule has 3 N–H and O–H groups in total. The summed E-state index contributed by atoms with van der Waals surface area (Å²) >= 11 is 0. The molecule has 4 heteroatoms. The van der Waals surface area contributed by atoms with Crippen molar-refractivity contribution in [2.24, 2.45) is 0 Å². The number of nitrogens with zero attached hydrogens (tertiary/aromatic N) is 1. The van der Waals surface area contributed by atoms with Gasteiger partial charge in [0, 0.05) is 24.4 Å². The van der Waals surface area contributed by atoms with E-state index in [0.29, 0.717) is 11.9 Å². The van der Waals surface area contributed by atoms with Crippen LogP contribution < -0.4 is 15.8 Å². The number of nitrogens with two attached hydrogens (primary N) is 1. The predicted octanol–water partition coefficient (Wildman–Crippen LogP) is 1.58. The van der Waals surface area contributed by atoms with Crippen molar-refractivity contribution in [1.82, 2.24) is 10.3 Å². The highest BCUT2D eigenvalue weighted by Gasteiger charge is 2.25. The van der Waals surface area contributed by atoms with E-state index in [0.717, 1.165) is 43.7 Å². The van der Waals surface area contributed by atoms with Crippen LogP contribution in [0.2, 0.25) is 0 Å². The van der Waals surface area contributed by atoms with E-state index >= 15 is 0 Å². The number of nitrogen functional groups attached to an aromatic ring is 1. The maximum atomic E-state index is 5.91. The van der Waals surface area contributed by atoms with Crippen LogP contribution in [0.5, 0.6) is 5.75 Å². The molecule has 0 amide bonds. The van der Waals surface area contributed by atoms with Gasteiger partial charge in [0.15, 0.2) is 0 Å². The Morgan fingerprint density at radius 1 is 1.41 bits per heavy atom. The molecule has 0 atom stereocenters. The van der Waals surface area contributed by atoms with E-state index in [2.05, 4.69) is 16.4 Å². The number of anilines is 1. The molecule has 3 rings (SSSR count). The van der Waals surface area contributed by atoms with Crippen molar-refractivity contribution >= 4 is 11.4 Å². The summed E-state index contributed by atoms with van der Waals surface area (Å²) in [5.41, 5.74) is 8.15. The Bertz CT molecular complexity index is 452. The first kappa shape index (κ1) is 10.6. The fourth-order valence-corrected chi connectivity index (χ4v) is 2.02. The van der Waals surface area contributed by atoms with Gasteiger partial charge in [-0.1, -0.05) is 6.08 Å². The second-order valence-electron chi connectivity index (χ2n) is 4.61. The average molecular weight is 231 g/mol. The lowest BCUT2D eigenvalue weighted by Gasteiger charge is -2.17. The Kier molecular flexibility index (Phi) is 2.73. The van der Waals surface area contributed by atoms with Gasteiger partial charge in [0.25, 0.3) is 0 Å². The lowest BCUT2D eigenvalue weighted by Crippen LogP contribution is -2.20. The Labute approximate surface area is 101 Å². The van der Waals surface area contributed by atoms with Crippen molar-refractivity contribution in [3.05, 3.63) is 23.9 Å². The van der Waals surface area contributed by atoms with Gasteiger partial charge >= 0.3 is 0 Å². The second-order valence-corrected chi connectivity index (χ2v) is 4.61. The van der Waals surface area contributed by atoms with Gasteiger partial charge in [0.05, 0.1) is 6.10 Å². The Morgan fingerprint density at radius 3 is 3.00 bits per heavy atom. The fraction of sp³-hybridized carbons (Fsp3) is 0.462. The molecular formula is C13H17N3O. The van der Waals surface area contributed by atoms with Gasteiger partial charge < -0.3 is 15.8 Å². The summed E-state index contributed by atoms with van der Waals surface area (Å²) in [6, 6.07) is 1.84. The molecule has 1 saturated carbocycles. The molecule has 1 fully saturated rings. The minimum atomic E-state index is 0.387. The molecule has 90 valence electrons. The van der Waals surface area contributed by atoms with E-state index in [-0.39, 0.29) is 0 Å². The van der Waals surface area contributed by atoms with Crippen LogP contribution in [0.15, 0.2) is 18.3 Å². The van der Waals surface area contributed by atoms with Crippen LogP contribution in [0.25, 0.3) is 5.57 Å². The number of ether oxygens (including phenoxy) is 1. The first-order valence-corrected chi connectivity index (χ1v) is 6.15. The average Bonchev–Trinajstić information content (AvgIpc) is 3.14. The molecule has 4 nitrogen and oxygen atoms in total. The van der Waals surface area contributed by atoms with Crippen LogP contribution in [0, 0.1) is 0 Å². The number of hydrogen-bond acceptors (Lipinski definition) is 4. The molecule has 1 aromatic heterocycles. The zero-order valence-corrected chi connectivity index (χ0v) is 9.78. The fourth-order valence-electron chi connectivity index (χ4n) is 2.02. The summed E-state index contributed by atoms with van der Waals surface area (Å²) in [7, 11) is 0. The van der Waals surface area contributed by atoms with E-state index in [1.165, 1.54) is 5.57 Å². The summed E-state index contributed by atoms with van der Waals surface area (Å²) in [5.74, 6) is 1.42. The van der Waals surface area contributed by atoms with Gasteiger partial charge in [-0.15, -0.1) is 0 Å². The monoisotopic (exact) mass is 231 g/mol. The van der Waals surface area contributed by atoms with E-state index in [1.807, 2.05) is 12.3 Å². The molecule has 17 heavy (non-hydrogen) atoms. The normalized spacial score (nSPS) is 19.9. The van der Waals surface area contributed by atoms with Crippen LogP contribution in [0.4, 0.5) is 5.82 Å². The highest BCUT2D eigenvalue weighted by atomic mass is 16.5. The Hall–Kier alpha value is -1.55. The number of pyridine rings is 1. The number of hydrogen-bond donors (Lipinski definition) is 2. The molecule has 2 heterocycles. The molecule has 0 unspecified atom stereocenters. The van der Waals surface area contributed by atoms with Gasteiger partial charge in [-0.2, -0.15) is 0 Å². The van der Waals surface area contributed by atoms with Crippen LogP contribution in [-0.4, -0.2) is 24.2 Å². The van der Waals surface area contributed by atoms with Crippen molar-refractivity contribution in [2.75, 3.05) is 18.8 Å². The molecule has 0 radical (unpaired) electrons.